The molecule has 0 fully saturated rings. The van der Waals surface area contributed by atoms with E-state index in [0.29, 0.717) is 0 Å². The summed E-state index contributed by atoms with van der Waals surface area (Å²) in [7, 11) is 5.43. The van der Waals surface area contributed by atoms with E-state index in [9.17, 15) is 4.79 Å². The second-order valence-electron chi connectivity index (χ2n) is 3.73. The molecule has 0 saturated heterocycles. The SMILES string of the molecule is COc1ccccc1C(=CC(C)=O)N(C)C. The monoisotopic (exact) mass is 219 g/mol. The number of carbonyl (C=O) groups is 1. The number of methoxy groups -OCH3 is 1. The van der Waals surface area contributed by atoms with Gasteiger partial charge in [-0.2, -0.15) is 0 Å². The lowest BCUT2D eigenvalue weighted by atomic mass is 10.1. The van der Waals surface area contributed by atoms with Crippen LogP contribution in [0.15, 0.2) is 30.3 Å². The quantitative estimate of drug-likeness (QED) is 0.727. The van der Waals surface area contributed by atoms with Crippen LogP contribution in [0.2, 0.25) is 0 Å². The number of hydrogen-bond acceptors (Lipinski definition) is 3. The minimum absolute atomic E-state index is 0.0228. The maximum Gasteiger partial charge on any atom is 0.154 e. The highest BCUT2D eigenvalue weighted by molar-refractivity contribution is 5.95. The van der Waals surface area contributed by atoms with Gasteiger partial charge in [0.15, 0.2) is 5.78 Å². The Kier molecular flexibility index (Phi) is 4.11. The molecule has 0 atom stereocenters. The van der Waals surface area contributed by atoms with E-state index in [-0.39, 0.29) is 5.78 Å². The zero-order chi connectivity index (χ0) is 12.1. The molecule has 0 N–H and O–H groups in total. The van der Waals surface area contributed by atoms with Gasteiger partial charge in [0.05, 0.1) is 12.8 Å². The lowest BCUT2D eigenvalue weighted by Gasteiger charge is -2.19. The van der Waals surface area contributed by atoms with Gasteiger partial charge in [0.25, 0.3) is 0 Å². The summed E-state index contributed by atoms with van der Waals surface area (Å²) in [5, 5.41) is 0. The summed E-state index contributed by atoms with van der Waals surface area (Å²) in [6, 6.07) is 7.65. The van der Waals surface area contributed by atoms with E-state index < -0.39 is 0 Å². The molecule has 86 valence electrons. The Morgan fingerprint density at radius 3 is 2.44 bits per heavy atom. The van der Waals surface area contributed by atoms with E-state index >= 15 is 0 Å². The Morgan fingerprint density at radius 1 is 1.31 bits per heavy atom. The number of ketones is 1. The molecule has 0 saturated carbocycles. The summed E-state index contributed by atoms with van der Waals surface area (Å²) in [5.74, 6) is 0.790. The topological polar surface area (TPSA) is 29.5 Å². The molecule has 0 bridgehead atoms. The number of para-hydroxylation sites is 1. The van der Waals surface area contributed by atoms with Crippen LogP contribution in [0.25, 0.3) is 5.70 Å². The highest BCUT2D eigenvalue weighted by Crippen LogP contribution is 2.26. The van der Waals surface area contributed by atoms with Crippen molar-refractivity contribution in [1.29, 1.82) is 0 Å². The maximum absolute atomic E-state index is 11.2. The second kappa shape index (κ2) is 5.35. The van der Waals surface area contributed by atoms with Gasteiger partial charge in [-0.3, -0.25) is 4.79 Å². The smallest absolute Gasteiger partial charge is 0.154 e. The van der Waals surface area contributed by atoms with Crippen LogP contribution in [-0.2, 0) is 4.79 Å². The predicted molar refractivity (Wildman–Crippen MR) is 65.3 cm³/mol. The predicted octanol–water partition coefficient (Wildman–Crippen LogP) is 2.19. The lowest BCUT2D eigenvalue weighted by Crippen LogP contribution is -2.12. The molecule has 0 aromatic heterocycles. The van der Waals surface area contributed by atoms with Crippen molar-refractivity contribution in [2.45, 2.75) is 6.92 Å². The van der Waals surface area contributed by atoms with Crippen LogP contribution in [0.1, 0.15) is 12.5 Å². The fourth-order valence-corrected chi connectivity index (χ4v) is 1.50. The number of hydrogen-bond donors (Lipinski definition) is 0. The maximum atomic E-state index is 11.2. The molecule has 0 radical (unpaired) electrons. The largest absolute Gasteiger partial charge is 0.496 e. The van der Waals surface area contributed by atoms with Crippen LogP contribution in [0.4, 0.5) is 0 Å². The molecular formula is C13H17NO2. The van der Waals surface area contributed by atoms with Crippen LogP contribution in [-0.4, -0.2) is 31.9 Å². The zero-order valence-electron chi connectivity index (χ0n) is 10.2. The first-order chi connectivity index (χ1) is 7.56. The fraction of sp³-hybridized carbons (Fsp3) is 0.308. The Bertz CT molecular complexity index is 408. The molecule has 3 nitrogen and oxygen atoms in total. The second-order valence-corrected chi connectivity index (χ2v) is 3.73. The number of nitrogens with zero attached hydrogens (tertiary/aromatic N) is 1. The molecule has 0 aliphatic carbocycles. The molecule has 0 aliphatic rings. The van der Waals surface area contributed by atoms with Gasteiger partial charge in [-0.1, -0.05) is 12.1 Å². The van der Waals surface area contributed by atoms with Gasteiger partial charge in [0.2, 0.25) is 0 Å². The van der Waals surface area contributed by atoms with Crippen LogP contribution in [0.3, 0.4) is 0 Å². The molecule has 1 aromatic rings. The average molecular weight is 219 g/mol. The van der Waals surface area contributed by atoms with Crippen LogP contribution in [0, 0.1) is 0 Å². The van der Waals surface area contributed by atoms with Crippen LogP contribution < -0.4 is 4.74 Å². The Morgan fingerprint density at radius 2 is 1.94 bits per heavy atom. The summed E-state index contributed by atoms with van der Waals surface area (Å²) < 4.78 is 5.28. The van der Waals surface area contributed by atoms with Crippen molar-refractivity contribution in [3.63, 3.8) is 0 Å². The lowest BCUT2D eigenvalue weighted by molar-refractivity contribution is -0.112. The summed E-state index contributed by atoms with van der Waals surface area (Å²) in [6.07, 6.45) is 1.61. The van der Waals surface area contributed by atoms with E-state index in [1.165, 1.54) is 0 Å². The van der Waals surface area contributed by atoms with Gasteiger partial charge >= 0.3 is 0 Å². The number of rotatable bonds is 4. The van der Waals surface area contributed by atoms with E-state index in [2.05, 4.69) is 0 Å². The molecule has 0 unspecified atom stereocenters. The summed E-state index contributed by atoms with van der Waals surface area (Å²) >= 11 is 0. The van der Waals surface area contributed by atoms with E-state index in [1.54, 1.807) is 20.1 Å². The van der Waals surface area contributed by atoms with Gasteiger partial charge in [-0.05, 0) is 19.1 Å². The fourth-order valence-electron chi connectivity index (χ4n) is 1.50. The molecule has 16 heavy (non-hydrogen) atoms. The van der Waals surface area contributed by atoms with Crippen molar-refractivity contribution in [2.24, 2.45) is 0 Å². The summed E-state index contributed by atoms with van der Waals surface area (Å²) in [4.78, 5) is 13.1. The first kappa shape index (κ1) is 12.3. The number of carbonyl (C=O) groups excluding carboxylic acids is 1. The molecule has 1 aromatic carbocycles. The molecular weight excluding hydrogens is 202 g/mol. The van der Waals surface area contributed by atoms with Gasteiger partial charge in [0.1, 0.15) is 5.75 Å². The van der Waals surface area contributed by atoms with Crippen molar-refractivity contribution in [3.8, 4) is 5.75 Å². The molecule has 3 heteroatoms. The summed E-state index contributed by atoms with van der Waals surface area (Å²) in [5.41, 5.74) is 1.77. The van der Waals surface area contributed by atoms with Crippen LogP contribution in [0.5, 0.6) is 5.75 Å². The van der Waals surface area contributed by atoms with Crippen molar-refractivity contribution in [3.05, 3.63) is 35.9 Å². The Balaban J connectivity index is 3.26. The third-order valence-electron chi connectivity index (χ3n) is 2.20. The van der Waals surface area contributed by atoms with E-state index in [4.69, 9.17) is 4.74 Å². The first-order valence-corrected chi connectivity index (χ1v) is 5.09. The Labute approximate surface area is 96.3 Å². The van der Waals surface area contributed by atoms with Crippen molar-refractivity contribution in [1.82, 2.24) is 4.90 Å². The molecule has 0 amide bonds. The first-order valence-electron chi connectivity index (χ1n) is 5.09. The summed E-state index contributed by atoms with van der Waals surface area (Å²) in [6.45, 7) is 1.54. The number of benzene rings is 1. The van der Waals surface area contributed by atoms with E-state index in [0.717, 1.165) is 17.0 Å². The molecule has 0 aliphatic heterocycles. The third-order valence-corrected chi connectivity index (χ3v) is 2.20. The van der Waals surface area contributed by atoms with Crippen molar-refractivity contribution < 1.29 is 9.53 Å². The number of ether oxygens (including phenoxy) is 1. The average Bonchev–Trinajstić information content (AvgIpc) is 2.25. The molecule has 1 rings (SSSR count). The van der Waals surface area contributed by atoms with Gasteiger partial charge < -0.3 is 9.64 Å². The zero-order valence-corrected chi connectivity index (χ0v) is 10.2. The highest BCUT2D eigenvalue weighted by atomic mass is 16.5. The van der Waals surface area contributed by atoms with Gasteiger partial charge in [-0.25, -0.2) is 0 Å². The molecule has 0 spiro atoms. The Hall–Kier alpha value is -1.77. The third kappa shape index (κ3) is 2.86. The van der Waals surface area contributed by atoms with Crippen LogP contribution >= 0.6 is 0 Å². The molecule has 0 heterocycles. The van der Waals surface area contributed by atoms with Crippen molar-refractivity contribution >= 4 is 11.5 Å². The van der Waals surface area contributed by atoms with E-state index in [1.807, 2.05) is 43.3 Å². The minimum Gasteiger partial charge on any atom is -0.496 e. The van der Waals surface area contributed by atoms with Crippen molar-refractivity contribution in [2.75, 3.05) is 21.2 Å². The van der Waals surface area contributed by atoms with Gasteiger partial charge in [-0.15, -0.1) is 0 Å². The normalized spacial score (nSPS) is 11.1. The standard InChI is InChI=1S/C13H17NO2/c1-10(15)9-12(14(2)3)11-7-5-6-8-13(11)16-4/h5-9H,1-4H3. The minimum atomic E-state index is 0.0228. The van der Waals surface area contributed by atoms with Gasteiger partial charge in [0, 0.05) is 25.7 Å². The highest BCUT2D eigenvalue weighted by Gasteiger charge is 2.10. The number of allylic oxidation sites excluding steroid dienone is 1.